The zero-order chi connectivity index (χ0) is 20.1. The third kappa shape index (κ3) is 5.75. The summed E-state index contributed by atoms with van der Waals surface area (Å²) in [6, 6.07) is 3.45. The topological polar surface area (TPSA) is 102 Å². The lowest BCUT2D eigenvalue weighted by Crippen LogP contribution is -2.47. The Labute approximate surface area is 159 Å². The highest BCUT2D eigenvalue weighted by atomic mass is 16.6. The van der Waals surface area contributed by atoms with Crippen molar-refractivity contribution < 1.29 is 19.2 Å². The molecule has 1 N–H and O–H groups in total. The number of rotatable bonds is 6. The number of carbonyl (C=O) groups is 2. The van der Waals surface area contributed by atoms with Gasteiger partial charge in [0.2, 0.25) is 0 Å². The molecule has 1 heterocycles. The van der Waals surface area contributed by atoms with E-state index >= 15 is 0 Å². The number of nitrogens with zero attached hydrogens (tertiary/aromatic N) is 2. The van der Waals surface area contributed by atoms with Gasteiger partial charge in [-0.1, -0.05) is 13.8 Å². The number of esters is 1. The van der Waals surface area contributed by atoms with Crippen LogP contribution in [0.3, 0.4) is 0 Å². The summed E-state index contributed by atoms with van der Waals surface area (Å²) in [5, 5.41) is 14.0. The van der Waals surface area contributed by atoms with E-state index in [0.29, 0.717) is 18.4 Å². The van der Waals surface area contributed by atoms with Gasteiger partial charge in [0.25, 0.3) is 11.6 Å². The maximum Gasteiger partial charge on any atom is 0.338 e. The van der Waals surface area contributed by atoms with Gasteiger partial charge >= 0.3 is 5.97 Å². The number of methoxy groups -OCH3 is 1. The Morgan fingerprint density at radius 1 is 1.26 bits per heavy atom. The predicted octanol–water partition coefficient (Wildman–Crippen LogP) is 2.48. The van der Waals surface area contributed by atoms with Gasteiger partial charge in [-0.15, -0.1) is 0 Å². The summed E-state index contributed by atoms with van der Waals surface area (Å²) in [6.07, 6.45) is 1.21. The summed E-state index contributed by atoms with van der Waals surface area (Å²) in [6.45, 7) is 9.05. The van der Waals surface area contributed by atoms with Crippen LogP contribution < -0.4 is 5.32 Å². The first-order chi connectivity index (χ1) is 12.7. The second kappa shape index (κ2) is 8.94. The number of carbonyl (C=O) groups excluding carboxylic acids is 2. The summed E-state index contributed by atoms with van der Waals surface area (Å²) < 4.78 is 4.61. The van der Waals surface area contributed by atoms with Crippen LogP contribution in [0.15, 0.2) is 18.2 Å². The molecule has 1 amide bonds. The number of likely N-dealkylation sites (tertiary alicyclic amines) is 1. The summed E-state index contributed by atoms with van der Waals surface area (Å²) in [7, 11) is 1.18. The number of piperidine rings is 1. The molecule has 1 aliphatic rings. The number of nitro groups is 1. The second-order valence-corrected chi connectivity index (χ2v) is 7.56. The molecule has 1 fully saturated rings. The molecule has 3 unspecified atom stereocenters. The average molecular weight is 377 g/mol. The van der Waals surface area contributed by atoms with Gasteiger partial charge in [-0.25, -0.2) is 4.79 Å². The van der Waals surface area contributed by atoms with Crippen LogP contribution in [0.5, 0.6) is 0 Å². The van der Waals surface area contributed by atoms with Crippen molar-refractivity contribution in [3.63, 3.8) is 0 Å². The lowest BCUT2D eigenvalue weighted by Gasteiger charge is -2.36. The molecule has 0 radical (unpaired) electrons. The lowest BCUT2D eigenvalue weighted by atomic mass is 9.92. The molecular weight excluding hydrogens is 350 g/mol. The van der Waals surface area contributed by atoms with Gasteiger partial charge in [0.1, 0.15) is 0 Å². The minimum absolute atomic E-state index is 0.0248. The Morgan fingerprint density at radius 2 is 1.85 bits per heavy atom. The van der Waals surface area contributed by atoms with E-state index in [0.717, 1.165) is 19.2 Å². The number of nitro benzene ring substituents is 1. The molecule has 27 heavy (non-hydrogen) atoms. The van der Waals surface area contributed by atoms with E-state index in [1.165, 1.54) is 25.7 Å². The third-order valence-electron chi connectivity index (χ3n) is 4.67. The largest absolute Gasteiger partial charge is 0.465 e. The van der Waals surface area contributed by atoms with Crippen LogP contribution in [-0.2, 0) is 4.74 Å². The highest BCUT2D eigenvalue weighted by Gasteiger charge is 2.24. The predicted molar refractivity (Wildman–Crippen MR) is 101 cm³/mol. The van der Waals surface area contributed by atoms with Crippen molar-refractivity contribution in [2.45, 2.75) is 33.2 Å². The lowest BCUT2D eigenvalue weighted by molar-refractivity contribution is -0.384. The number of amides is 1. The van der Waals surface area contributed by atoms with Gasteiger partial charge in [0.15, 0.2) is 0 Å². The van der Waals surface area contributed by atoms with Crippen LogP contribution in [0, 0.1) is 22.0 Å². The van der Waals surface area contributed by atoms with Crippen molar-refractivity contribution in [3.8, 4) is 0 Å². The van der Waals surface area contributed by atoms with E-state index in [2.05, 4.69) is 28.8 Å². The van der Waals surface area contributed by atoms with Gasteiger partial charge < -0.3 is 15.0 Å². The average Bonchev–Trinajstić information content (AvgIpc) is 2.59. The standard InChI is InChI=1S/C19H27N3O5/c1-12-5-13(2)10-21(9-12)11-14(3)20-18(23)15-6-16(19(24)27-4)8-17(7-15)22(25)26/h6-8,12-14H,5,9-11H2,1-4H3,(H,20,23). The number of hydrogen-bond donors (Lipinski definition) is 1. The van der Waals surface area contributed by atoms with E-state index in [1.807, 2.05) is 6.92 Å². The Morgan fingerprint density at radius 3 is 2.41 bits per heavy atom. The van der Waals surface area contributed by atoms with Crippen LogP contribution in [-0.4, -0.2) is 54.5 Å². The number of hydrogen-bond acceptors (Lipinski definition) is 6. The summed E-state index contributed by atoms with van der Waals surface area (Å²) in [4.78, 5) is 37.1. The van der Waals surface area contributed by atoms with Gasteiger partial charge in [0.05, 0.1) is 17.6 Å². The minimum Gasteiger partial charge on any atom is -0.465 e. The van der Waals surface area contributed by atoms with E-state index in [-0.39, 0.29) is 22.9 Å². The third-order valence-corrected chi connectivity index (χ3v) is 4.67. The molecule has 8 nitrogen and oxygen atoms in total. The molecule has 1 aromatic rings. The van der Waals surface area contributed by atoms with Crippen molar-refractivity contribution >= 4 is 17.6 Å². The fourth-order valence-electron chi connectivity index (χ4n) is 3.76. The Kier molecular flexibility index (Phi) is 6.90. The Hall–Kier alpha value is -2.48. The SMILES string of the molecule is COC(=O)c1cc(C(=O)NC(C)CN2CC(C)CC(C)C2)cc([N+](=O)[O-])c1. The van der Waals surface area contributed by atoms with Crippen molar-refractivity contribution in [1.82, 2.24) is 10.2 Å². The van der Waals surface area contributed by atoms with Crippen molar-refractivity contribution in [2.24, 2.45) is 11.8 Å². The molecule has 0 aliphatic carbocycles. The van der Waals surface area contributed by atoms with Crippen molar-refractivity contribution in [3.05, 3.63) is 39.4 Å². The zero-order valence-electron chi connectivity index (χ0n) is 16.2. The molecule has 148 valence electrons. The van der Waals surface area contributed by atoms with Crippen LogP contribution in [0.1, 0.15) is 47.9 Å². The van der Waals surface area contributed by atoms with Crippen molar-refractivity contribution in [2.75, 3.05) is 26.7 Å². The van der Waals surface area contributed by atoms with Gasteiger partial charge in [-0.05, 0) is 31.2 Å². The number of non-ortho nitro benzene ring substituents is 1. The van der Waals surface area contributed by atoms with Crippen LogP contribution in [0.25, 0.3) is 0 Å². The highest BCUT2D eigenvalue weighted by Crippen LogP contribution is 2.21. The first-order valence-electron chi connectivity index (χ1n) is 9.10. The quantitative estimate of drug-likeness (QED) is 0.464. The van der Waals surface area contributed by atoms with E-state index in [9.17, 15) is 19.7 Å². The molecule has 1 aromatic carbocycles. The van der Waals surface area contributed by atoms with Crippen LogP contribution in [0.2, 0.25) is 0 Å². The molecule has 0 aromatic heterocycles. The number of ether oxygens (including phenoxy) is 1. The van der Waals surface area contributed by atoms with Crippen molar-refractivity contribution in [1.29, 1.82) is 0 Å². The van der Waals surface area contributed by atoms with E-state index < -0.39 is 16.8 Å². The normalized spacial score (nSPS) is 21.3. The Bertz CT molecular complexity index is 711. The summed E-state index contributed by atoms with van der Waals surface area (Å²) in [5.41, 5.74) is -0.283. The smallest absolute Gasteiger partial charge is 0.338 e. The molecule has 8 heteroatoms. The van der Waals surface area contributed by atoms with E-state index in [1.54, 1.807) is 0 Å². The second-order valence-electron chi connectivity index (χ2n) is 7.56. The number of benzene rings is 1. The molecule has 1 saturated heterocycles. The molecule has 3 atom stereocenters. The molecule has 1 aliphatic heterocycles. The zero-order valence-corrected chi connectivity index (χ0v) is 16.2. The monoisotopic (exact) mass is 377 g/mol. The minimum atomic E-state index is -0.725. The summed E-state index contributed by atoms with van der Waals surface area (Å²) in [5.74, 6) is 0.0682. The van der Waals surface area contributed by atoms with Gasteiger partial charge in [-0.2, -0.15) is 0 Å². The maximum absolute atomic E-state index is 12.6. The molecule has 0 spiro atoms. The van der Waals surface area contributed by atoms with E-state index in [4.69, 9.17) is 0 Å². The molecular formula is C19H27N3O5. The highest BCUT2D eigenvalue weighted by molar-refractivity contribution is 5.99. The molecule has 2 rings (SSSR count). The maximum atomic E-state index is 12.6. The van der Waals surface area contributed by atoms with Gasteiger partial charge in [0, 0.05) is 43.4 Å². The fraction of sp³-hybridized carbons (Fsp3) is 0.579. The molecule has 0 saturated carbocycles. The van der Waals surface area contributed by atoms with Crippen LogP contribution in [0.4, 0.5) is 5.69 Å². The first kappa shape index (κ1) is 20.8. The van der Waals surface area contributed by atoms with Crippen LogP contribution >= 0.6 is 0 Å². The molecule has 0 bridgehead atoms. The first-order valence-corrected chi connectivity index (χ1v) is 9.10. The summed E-state index contributed by atoms with van der Waals surface area (Å²) >= 11 is 0. The Balaban J connectivity index is 2.09. The van der Waals surface area contributed by atoms with Gasteiger partial charge in [-0.3, -0.25) is 14.9 Å². The fourth-order valence-corrected chi connectivity index (χ4v) is 3.76. The number of nitrogens with one attached hydrogen (secondary N) is 1.